The lowest BCUT2D eigenvalue weighted by molar-refractivity contribution is 0.134. The van der Waals surface area contributed by atoms with Crippen LogP contribution in [0.4, 0.5) is 0 Å². The molecular weight excluding hydrogens is 204 g/mol. The van der Waals surface area contributed by atoms with Crippen molar-refractivity contribution in [3.8, 4) is 0 Å². The first-order valence-electron chi connectivity index (χ1n) is 5.83. The molecule has 0 amide bonds. The van der Waals surface area contributed by atoms with Gasteiger partial charge in [0.2, 0.25) is 0 Å². The second-order valence-electron chi connectivity index (χ2n) is 4.27. The molecule has 0 atom stereocenters. The minimum Gasteiger partial charge on any atom is -0.468 e. The van der Waals surface area contributed by atoms with Gasteiger partial charge in [0.1, 0.15) is 5.76 Å². The third-order valence-electron chi connectivity index (χ3n) is 3.05. The van der Waals surface area contributed by atoms with E-state index in [9.17, 15) is 0 Å². The van der Waals surface area contributed by atoms with Crippen LogP contribution in [0.25, 0.3) is 0 Å². The number of furan rings is 1. The summed E-state index contributed by atoms with van der Waals surface area (Å²) >= 11 is 0. The number of nitrogens with zero attached hydrogens (tertiary/aromatic N) is 1. The zero-order chi connectivity index (χ0) is 11.4. The summed E-state index contributed by atoms with van der Waals surface area (Å²) in [6.07, 6.45) is 4.31. The van der Waals surface area contributed by atoms with Gasteiger partial charge in [-0.3, -0.25) is 4.90 Å². The molecule has 4 nitrogen and oxygen atoms in total. The van der Waals surface area contributed by atoms with E-state index in [0.29, 0.717) is 12.6 Å². The predicted octanol–water partition coefficient (Wildman–Crippen LogP) is 1.35. The largest absolute Gasteiger partial charge is 0.468 e. The number of hydrogen-bond donors (Lipinski definition) is 1. The molecule has 4 heteroatoms. The highest BCUT2D eigenvalue weighted by Crippen LogP contribution is 2.28. The van der Waals surface area contributed by atoms with Gasteiger partial charge in [-0.2, -0.15) is 0 Å². The molecule has 1 aromatic rings. The lowest BCUT2D eigenvalue weighted by Gasteiger charge is -2.20. The molecule has 90 valence electrons. The lowest BCUT2D eigenvalue weighted by Crippen LogP contribution is -2.29. The first kappa shape index (κ1) is 11.6. The highest BCUT2D eigenvalue weighted by Gasteiger charge is 2.29. The van der Waals surface area contributed by atoms with E-state index >= 15 is 0 Å². The quantitative estimate of drug-likeness (QED) is 0.759. The topological polar surface area (TPSA) is 51.6 Å². The van der Waals surface area contributed by atoms with Gasteiger partial charge < -0.3 is 14.9 Å². The first-order chi connectivity index (χ1) is 7.85. The summed E-state index contributed by atoms with van der Waals surface area (Å²) in [5, 5.41) is 0. The Morgan fingerprint density at radius 3 is 3.00 bits per heavy atom. The minimum absolute atomic E-state index is 0.550. The van der Waals surface area contributed by atoms with Gasteiger partial charge >= 0.3 is 0 Å². The van der Waals surface area contributed by atoms with E-state index in [0.717, 1.165) is 31.0 Å². The maximum atomic E-state index is 5.66. The number of ether oxygens (including phenoxy) is 1. The van der Waals surface area contributed by atoms with Crippen LogP contribution in [0.3, 0.4) is 0 Å². The van der Waals surface area contributed by atoms with E-state index in [2.05, 4.69) is 4.90 Å². The van der Waals surface area contributed by atoms with Crippen molar-refractivity contribution in [2.45, 2.75) is 32.0 Å². The molecule has 1 fully saturated rings. The molecule has 0 bridgehead atoms. The summed E-state index contributed by atoms with van der Waals surface area (Å²) in [5.41, 5.74) is 6.77. The maximum Gasteiger partial charge on any atom is 0.122 e. The number of hydrogen-bond acceptors (Lipinski definition) is 4. The van der Waals surface area contributed by atoms with Gasteiger partial charge in [-0.1, -0.05) is 0 Å². The Labute approximate surface area is 96.4 Å². The Morgan fingerprint density at radius 1 is 1.56 bits per heavy atom. The third-order valence-corrected chi connectivity index (χ3v) is 3.05. The molecular formula is C12H20N2O2. The van der Waals surface area contributed by atoms with Crippen molar-refractivity contribution >= 4 is 0 Å². The van der Waals surface area contributed by atoms with Crippen LogP contribution >= 0.6 is 0 Å². The van der Waals surface area contributed by atoms with E-state index in [4.69, 9.17) is 14.9 Å². The van der Waals surface area contributed by atoms with Gasteiger partial charge in [0.05, 0.1) is 19.4 Å². The molecule has 0 radical (unpaired) electrons. The standard InChI is InChI=1S/C12H20N2O2/c1-15-7-5-14(11-2-3-11)9-12-10(8-13)4-6-16-12/h4,6,11H,2-3,5,7-9,13H2,1H3. The maximum absolute atomic E-state index is 5.66. The monoisotopic (exact) mass is 224 g/mol. The molecule has 0 saturated heterocycles. The van der Waals surface area contributed by atoms with Gasteiger partial charge in [0.15, 0.2) is 0 Å². The van der Waals surface area contributed by atoms with Crippen LogP contribution in [0, 0.1) is 0 Å². The van der Waals surface area contributed by atoms with Crippen molar-refractivity contribution in [2.24, 2.45) is 5.73 Å². The van der Waals surface area contributed by atoms with Crippen molar-refractivity contribution in [1.29, 1.82) is 0 Å². The summed E-state index contributed by atoms with van der Waals surface area (Å²) in [6, 6.07) is 2.67. The molecule has 0 unspecified atom stereocenters. The fourth-order valence-corrected chi connectivity index (χ4v) is 1.91. The smallest absolute Gasteiger partial charge is 0.122 e. The van der Waals surface area contributed by atoms with Gasteiger partial charge in [0.25, 0.3) is 0 Å². The molecule has 0 aromatic carbocycles. The number of methoxy groups -OCH3 is 1. The van der Waals surface area contributed by atoms with E-state index in [1.54, 1.807) is 13.4 Å². The second kappa shape index (κ2) is 5.48. The fourth-order valence-electron chi connectivity index (χ4n) is 1.91. The van der Waals surface area contributed by atoms with Crippen molar-refractivity contribution in [3.63, 3.8) is 0 Å². The van der Waals surface area contributed by atoms with Crippen molar-refractivity contribution in [2.75, 3.05) is 20.3 Å². The summed E-state index contributed by atoms with van der Waals surface area (Å²) in [7, 11) is 1.74. The Hall–Kier alpha value is -0.840. The van der Waals surface area contributed by atoms with Crippen LogP contribution in [-0.4, -0.2) is 31.2 Å². The van der Waals surface area contributed by atoms with Crippen molar-refractivity contribution < 1.29 is 9.15 Å². The van der Waals surface area contributed by atoms with Crippen LogP contribution in [0.15, 0.2) is 16.7 Å². The SMILES string of the molecule is COCCN(Cc1occc1CN)C1CC1. The van der Waals surface area contributed by atoms with Crippen LogP contribution in [-0.2, 0) is 17.8 Å². The molecule has 1 aromatic heterocycles. The van der Waals surface area contributed by atoms with Crippen molar-refractivity contribution in [3.05, 3.63) is 23.7 Å². The second-order valence-corrected chi connectivity index (χ2v) is 4.27. The zero-order valence-corrected chi connectivity index (χ0v) is 9.82. The van der Waals surface area contributed by atoms with E-state index in [1.165, 1.54) is 12.8 Å². The van der Waals surface area contributed by atoms with Crippen LogP contribution in [0.2, 0.25) is 0 Å². The van der Waals surface area contributed by atoms with Crippen LogP contribution in [0.1, 0.15) is 24.2 Å². The molecule has 1 heterocycles. The van der Waals surface area contributed by atoms with Gasteiger partial charge in [-0.25, -0.2) is 0 Å². The first-order valence-corrected chi connectivity index (χ1v) is 5.83. The van der Waals surface area contributed by atoms with Gasteiger partial charge in [-0.05, 0) is 18.9 Å². The van der Waals surface area contributed by atoms with E-state index in [1.807, 2.05) is 6.07 Å². The summed E-state index contributed by atoms with van der Waals surface area (Å²) in [4.78, 5) is 2.42. The normalized spacial score (nSPS) is 15.9. The number of nitrogens with two attached hydrogens (primary N) is 1. The third kappa shape index (κ3) is 2.84. The average Bonchev–Trinajstić information content (AvgIpc) is 3.05. The molecule has 1 saturated carbocycles. The Morgan fingerprint density at radius 2 is 2.38 bits per heavy atom. The molecule has 16 heavy (non-hydrogen) atoms. The molecule has 1 aliphatic rings. The lowest BCUT2D eigenvalue weighted by atomic mass is 10.2. The molecule has 0 spiro atoms. The van der Waals surface area contributed by atoms with Crippen LogP contribution < -0.4 is 5.73 Å². The Kier molecular flexibility index (Phi) is 3.98. The molecule has 1 aliphatic carbocycles. The van der Waals surface area contributed by atoms with Crippen LogP contribution in [0.5, 0.6) is 0 Å². The Balaban J connectivity index is 1.94. The number of rotatable bonds is 7. The van der Waals surface area contributed by atoms with Gasteiger partial charge in [0, 0.05) is 31.8 Å². The average molecular weight is 224 g/mol. The fraction of sp³-hybridized carbons (Fsp3) is 0.667. The molecule has 2 rings (SSSR count). The molecule has 0 aliphatic heterocycles. The summed E-state index contributed by atoms with van der Waals surface area (Å²) < 4.78 is 10.6. The molecule has 2 N–H and O–H groups in total. The van der Waals surface area contributed by atoms with E-state index in [-0.39, 0.29) is 0 Å². The van der Waals surface area contributed by atoms with Crippen molar-refractivity contribution in [1.82, 2.24) is 4.90 Å². The highest BCUT2D eigenvalue weighted by molar-refractivity contribution is 5.16. The summed E-state index contributed by atoms with van der Waals surface area (Å²) in [5.74, 6) is 1.01. The summed E-state index contributed by atoms with van der Waals surface area (Å²) in [6.45, 7) is 3.14. The Bertz CT molecular complexity index is 321. The van der Waals surface area contributed by atoms with Gasteiger partial charge in [-0.15, -0.1) is 0 Å². The zero-order valence-electron chi connectivity index (χ0n) is 9.82. The highest BCUT2D eigenvalue weighted by atomic mass is 16.5. The predicted molar refractivity (Wildman–Crippen MR) is 61.9 cm³/mol. The van der Waals surface area contributed by atoms with E-state index < -0.39 is 0 Å². The minimum atomic E-state index is 0.550.